The summed E-state index contributed by atoms with van der Waals surface area (Å²) in [6, 6.07) is 9.85. The second-order valence-corrected chi connectivity index (χ2v) is 7.75. The Kier molecular flexibility index (Phi) is 8.21. The Morgan fingerprint density at radius 3 is 1.23 bits per heavy atom. The lowest BCUT2D eigenvalue weighted by Crippen LogP contribution is -2.04. The number of benzene rings is 2. The third kappa shape index (κ3) is 7.32. The SMILES string of the molecule is Cc1ncc(-c2ccc(C(F)(F)F)cc2)cn1.FC(F)(F)c1ccc(-c2cnc(CBr)nc2)cc1. The quantitative estimate of drug-likeness (QED) is 0.194. The van der Waals surface area contributed by atoms with E-state index in [1.165, 1.54) is 24.3 Å². The van der Waals surface area contributed by atoms with Gasteiger partial charge in [-0.25, -0.2) is 19.9 Å². The average Bonchev–Trinajstić information content (AvgIpc) is 2.84. The molecule has 0 amide bonds. The van der Waals surface area contributed by atoms with Crippen molar-refractivity contribution in [3.63, 3.8) is 0 Å². The molecule has 0 fully saturated rings. The van der Waals surface area contributed by atoms with Gasteiger partial charge in [0.05, 0.1) is 16.5 Å². The van der Waals surface area contributed by atoms with Gasteiger partial charge in [0.25, 0.3) is 0 Å². The minimum atomic E-state index is -4.31. The van der Waals surface area contributed by atoms with Crippen LogP contribution in [0.3, 0.4) is 0 Å². The van der Waals surface area contributed by atoms with Gasteiger partial charge in [-0.2, -0.15) is 26.3 Å². The molecule has 2 heterocycles. The second kappa shape index (κ2) is 10.9. The number of nitrogens with zero attached hydrogens (tertiary/aromatic N) is 4. The van der Waals surface area contributed by atoms with Crippen LogP contribution in [0.4, 0.5) is 26.3 Å². The maximum Gasteiger partial charge on any atom is 0.416 e. The normalized spacial score (nSPS) is 11.5. The standard InChI is InChI=1S/C12H8BrF3N2.C12H9F3N2/c13-5-11-17-6-9(7-18-11)8-1-3-10(4-2-8)12(14,15)16;1-8-16-6-10(7-17-8)9-2-4-11(5-3-9)12(13,14)15/h1-4,6-7H,5H2;2-7H,1H3. The monoisotopic (exact) mass is 554 g/mol. The molecule has 0 spiro atoms. The summed E-state index contributed by atoms with van der Waals surface area (Å²) in [6.45, 7) is 1.75. The molecule has 0 unspecified atom stereocenters. The van der Waals surface area contributed by atoms with Crippen molar-refractivity contribution in [2.24, 2.45) is 0 Å². The summed E-state index contributed by atoms with van der Waals surface area (Å²) in [5.41, 5.74) is 1.39. The summed E-state index contributed by atoms with van der Waals surface area (Å²) in [5.74, 6) is 1.26. The molecule has 0 aliphatic heterocycles. The predicted octanol–water partition coefficient (Wildman–Crippen LogP) is 7.53. The second-order valence-electron chi connectivity index (χ2n) is 7.19. The van der Waals surface area contributed by atoms with E-state index in [1.807, 2.05) is 0 Å². The van der Waals surface area contributed by atoms with E-state index in [2.05, 4.69) is 35.9 Å². The van der Waals surface area contributed by atoms with E-state index in [0.717, 1.165) is 24.3 Å². The first-order valence-electron chi connectivity index (χ1n) is 9.98. The molecule has 4 nitrogen and oxygen atoms in total. The Labute approximate surface area is 205 Å². The van der Waals surface area contributed by atoms with Gasteiger partial charge < -0.3 is 0 Å². The molecule has 0 radical (unpaired) electrons. The molecule has 35 heavy (non-hydrogen) atoms. The number of alkyl halides is 7. The average molecular weight is 555 g/mol. The van der Waals surface area contributed by atoms with E-state index in [0.29, 0.717) is 39.2 Å². The number of aryl methyl sites for hydroxylation is 1. The van der Waals surface area contributed by atoms with Gasteiger partial charge in [-0.1, -0.05) is 40.2 Å². The van der Waals surface area contributed by atoms with Crippen molar-refractivity contribution in [2.75, 3.05) is 0 Å². The molecule has 4 aromatic rings. The molecule has 0 aliphatic carbocycles. The molecular weight excluding hydrogens is 538 g/mol. The van der Waals surface area contributed by atoms with Gasteiger partial charge in [-0.05, 0) is 42.3 Å². The molecule has 182 valence electrons. The first-order valence-corrected chi connectivity index (χ1v) is 11.1. The van der Waals surface area contributed by atoms with Crippen molar-refractivity contribution in [1.29, 1.82) is 0 Å². The van der Waals surface area contributed by atoms with Crippen LogP contribution in [0.1, 0.15) is 22.8 Å². The Morgan fingerprint density at radius 2 is 0.914 bits per heavy atom. The fourth-order valence-corrected chi connectivity index (χ4v) is 3.11. The maximum atomic E-state index is 12.4. The highest BCUT2D eigenvalue weighted by atomic mass is 79.9. The number of hydrogen-bond donors (Lipinski definition) is 0. The van der Waals surface area contributed by atoms with Gasteiger partial charge >= 0.3 is 12.4 Å². The number of halogens is 7. The van der Waals surface area contributed by atoms with Crippen LogP contribution in [0.15, 0.2) is 73.3 Å². The van der Waals surface area contributed by atoms with Gasteiger partial charge in [0.15, 0.2) is 0 Å². The van der Waals surface area contributed by atoms with Crippen molar-refractivity contribution in [2.45, 2.75) is 24.6 Å². The number of aromatic nitrogens is 4. The fourth-order valence-electron chi connectivity index (χ4n) is 2.82. The molecule has 0 saturated carbocycles. The van der Waals surface area contributed by atoms with Crippen LogP contribution < -0.4 is 0 Å². The molecule has 11 heteroatoms. The van der Waals surface area contributed by atoms with Crippen molar-refractivity contribution < 1.29 is 26.3 Å². The lowest BCUT2D eigenvalue weighted by atomic mass is 10.1. The molecule has 0 bridgehead atoms. The third-order valence-electron chi connectivity index (χ3n) is 4.70. The molecule has 4 rings (SSSR count). The molecular formula is C24H17BrF6N4. The van der Waals surface area contributed by atoms with Crippen LogP contribution in [0.25, 0.3) is 22.3 Å². The summed E-state index contributed by atoms with van der Waals surface area (Å²) in [4.78, 5) is 16.1. The minimum Gasteiger partial charge on any atom is -0.241 e. The van der Waals surface area contributed by atoms with E-state index in [1.54, 1.807) is 31.7 Å². The smallest absolute Gasteiger partial charge is 0.241 e. The summed E-state index contributed by atoms with van der Waals surface area (Å²) < 4.78 is 74.2. The highest BCUT2D eigenvalue weighted by molar-refractivity contribution is 9.08. The molecule has 0 atom stereocenters. The van der Waals surface area contributed by atoms with E-state index in [4.69, 9.17) is 0 Å². The van der Waals surface area contributed by atoms with Crippen molar-refractivity contribution in [1.82, 2.24) is 19.9 Å². The maximum absolute atomic E-state index is 12.4. The lowest BCUT2D eigenvalue weighted by molar-refractivity contribution is -0.138. The van der Waals surface area contributed by atoms with E-state index in [9.17, 15) is 26.3 Å². The molecule has 2 aromatic heterocycles. The Morgan fingerprint density at radius 1 is 0.571 bits per heavy atom. The van der Waals surface area contributed by atoms with Gasteiger partial charge in [0, 0.05) is 35.9 Å². The van der Waals surface area contributed by atoms with Crippen LogP contribution in [-0.4, -0.2) is 19.9 Å². The molecule has 2 aromatic carbocycles. The van der Waals surface area contributed by atoms with Gasteiger partial charge in [-0.15, -0.1) is 0 Å². The fraction of sp³-hybridized carbons (Fsp3) is 0.167. The van der Waals surface area contributed by atoms with Crippen LogP contribution >= 0.6 is 15.9 Å². The van der Waals surface area contributed by atoms with Gasteiger partial charge in [0.2, 0.25) is 0 Å². The first-order chi connectivity index (χ1) is 16.5. The summed E-state index contributed by atoms with van der Waals surface area (Å²) >= 11 is 3.22. The largest absolute Gasteiger partial charge is 0.416 e. The predicted molar refractivity (Wildman–Crippen MR) is 122 cm³/mol. The lowest BCUT2D eigenvalue weighted by Gasteiger charge is -2.07. The van der Waals surface area contributed by atoms with Gasteiger partial charge in [0.1, 0.15) is 11.6 Å². The summed E-state index contributed by atoms with van der Waals surface area (Å²) in [6.07, 6.45) is -2.26. The number of hydrogen-bond acceptors (Lipinski definition) is 4. The van der Waals surface area contributed by atoms with Crippen molar-refractivity contribution in [3.05, 3.63) is 96.1 Å². The third-order valence-corrected chi connectivity index (χ3v) is 5.20. The zero-order chi connectivity index (χ0) is 25.6. The Bertz CT molecular complexity index is 1220. The summed E-state index contributed by atoms with van der Waals surface area (Å²) in [5, 5.41) is 0.542. The topological polar surface area (TPSA) is 51.6 Å². The van der Waals surface area contributed by atoms with Crippen LogP contribution in [0, 0.1) is 6.92 Å². The van der Waals surface area contributed by atoms with E-state index in [-0.39, 0.29) is 0 Å². The zero-order valence-corrected chi connectivity index (χ0v) is 19.7. The van der Waals surface area contributed by atoms with E-state index >= 15 is 0 Å². The molecule has 0 saturated heterocycles. The first kappa shape index (κ1) is 26.3. The highest BCUT2D eigenvalue weighted by Crippen LogP contribution is 2.31. The van der Waals surface area contributed by atoms with Gasteiger partial charge in [-0.3, -0.25) is 0 Å². The Hall–Kier alpha value is -3.34. The van der Waals surface area contributed by atoms with E-state index < -0.39 is 23.5 Å². The highest BCUT2D eigenvalue weighted by Gasteiger charge is 2.30. The molecule has 0 N–H and O–H groups in total. The van der Waals surface area contributed by atoms with Crippen LogP contribution in [0.5, 0.6) is 0 Å². The molecule has 0 aliphatic rings. The number of rotatable bonds is 3. The summed E-state index contributed by atoms with van der Waals surface area (Å²) in [7, 11) is 0. The van der Waals surface area contributed by atoms with Crippen molar-refractivity contribution >= 4 is 15.9 Å². The van der Waals surface area contributed by atoms with Crippen molar-refractivity contribution in [3.8, 4) is 22.3 Å². The Balaban J connectivity index is 0.000000196. The minimum absolute atomic E-state index is 0.542. The van der Waals surface area contributed by atoms with Crippen LogP contribution in [-0.2, 0) is 17.7 Å². The zero-order valence-electron chi connectivity index (χ0n) is 18.1. The van der Waals surface area contributed by atoms with Crippen LogP contribution in [0.2, 0.25) is 0 Å².